The molecule has 3 N–H and O–H groups in total. The number of nitrogens with zero attached hydrogens (tertiary/aromatic N) is 1. The van der Waals surface area contributed by atoms with E-state index >= 15 is 0 Å². The van der Waals surface area contributed by atoms with E-state index < -0.39 is 17.9 Å². The molecule has 1 aromatic rings. The van der Waals surface area contributed by atoms with Crippen LogP contribution >= 0.6 is 0 Å². The highest BCUT2D eigenvalue weighted by Crippen LogP contribution is 2.30. The van der Waals surface area contributed by atoms with Gasteiger partial charge in [-0.2, -0.15) is 0 Å². The van der Waals surface area contributed by atoms with E-state index in [4.69, 9.17) is 5.73 Å². The van der Waals surface area contributed by atoms with Gasteiger partial charge in [0.2, 0.25) is 5.91 Å². The molecule has 5 nitrogen and oxygen atoms in total. The SMILES string of the molecule is Cc1cc(N2CCC(C)C2C(=O)O)ccc1C(N)=O. The van der Waals surface area contributed by atoms with Crippen molar-refractivity contribution in [3.8, 4) is 0 Å². The van der Waals surface area contributed by atoms with Gasteiger partial charge < -0.3 is 15.7 Å². The Hall–Kier alpha value is -2.04. The van der Waals surface area contributed by atoms with Gasteiger partial charge in [0.1, 0.15) is 6.04 Å². The topological polar surface area (TPSA) is 83.6 Å². The van der Waals surface area contributed by atoms with Gasteiger partial charge in [-0.15, -0.1) is 0 Å². The molecular weight excluding hydrogens is 244 g/mol. The Balaban J connectivity index is 2.34. The van der Waals surface area contributed by atoms with Crippen molar-refractivity contribution >= 4 is 17.6 Å². The molecule has 2 atom stereocenters. The Morgan fingerprint density at radius 2 is 2.11 bits per heavy atom. The highest BCUT2D eigenvalue weighted by atomic mass is 16.4. The second-order valence-electron chi connectivity index (χ2n) is 5.11. The smallest absolute Gasteiger partial charge is 0.326 e. The summed E-state index contributed by atoms with van der Waals surface area (Å²) in [6.45, 7) is 4.47. The summed E-state index contributed by atoms with van der Waals surface area (Å²) in [5.41, 5.74) is 7.35. The maximum absolute atomic E-state index is 11.3. The fourth-order valence-corrected chi connectivity index (χ4v) is 2.72. The number of hydrogen-bond acceptors (Lipinski definition) is 3. The number of anilines is 1. The number of nitrogens with two attached hydrogens (primary N) is 1. The molecule has 0 aliphatic carbocycles. The van der Waals surface area contributed by atoms with Gasteiger partial charge in [-0.05, 0) is 43.0 Å². The normalized spacial score (nSPS) is 22.5. The molecule has 1 amide bonds. The van der Waals surface area contributed by atoms with Gasteiger partial charge in [-0.1, -0.05) is 6.92 Å². The van der Waals surface area contributed by atoms with Gasteiger partial charge in [0.25, 0.3) is 0 Å². The summed E-state index contributed by atoms with van der Waals surface area (Å²) in [6, 6.07) is 4.75. The van der Waals surface area contributed by atoms with Gasteiger partial charge in [0.15, 0.2) is 0 Å². The van der Waals surface area contributed by atoms with Crippen LogP contribution in [0, 0.1) is 12.8 Å². The number of aryl methyl sites for hydroxylation is 1. The van der Waals surface area contributed by atoms with Crippen LogP contribution in [0.4, 0.5) is 5.69 Å². The molecule has 0 radical (unpaired) electrons. The Kier molecular flexibility index (Phi) is 3.46. The van der Waals surface area contributed by atoms with Crippen LogP contribution in [0.1, 0.15) is 29.3 Å². The van der Waals surface area contributed by atoms with Crippen LogP contribution in [-0.4, -0.2) is 29.6 Å². The van der Waals surface area contributed by atoms with Crippen LogP contribution in [0.2, 0.25) is 0 Å². The second kappa shape index (κ2) is 4.91. The molecule has 1 saturated heterocycles. The molecule has 1 aromatic carbocycles. The zero-order chi connectivity index (χ0) is 14.2. The summed E-state index contributed by atoms with van der Waals surface area (Å²) in [5.74, 6) is -1.15. The molecule has 5 heteroatoms. The van der Waals surface area contributed by atoms with Crippen molar-refractivity contribution in [2.45, 2.75) is 26.3 Å². The third kappa shape index (κ3) is 2.41. The van der Waals surface area contributed by atoms with Crippen LogP contribution in [0.25, 0.3) is 0 Å². The zero-order valence-electron chi connectivity index (χ0n) is 11.1. The lowest BCUT2D eigenvalue weighted by molar-refractivity contribution is -0.139. The standard InChI is InChI=1S/C14H18N2O3/c1-8-5-6-16(12(8)14(18)19)10-3-4-11(13(15)17)9(2)7-10/h3-4,7-8,12H,5-6H2,1-2H3,(H2,15,17)(H,18,19). The first-order chi connectivity index (χ1) is 8.91. The van der Waals surface area contributed by atoms with E-state index in [0.29, 0.717) is 12.1 Å². The third-order valence-corrected chi connectivity index (χ3v) is 3.76. The molecule has 0 bridgehead atoms. The van der Waals surface area contributed by atoms with Crippen molar-refractivity contribution in [2.24, 2.45) is 11.7 Å². The summed E-state index contributed by atoms with van der Waals surface area (Å²) >= 11 is 0. The number of hydrogen-bond donors (Lipinski definition) is 2. The number of amides is 1. The monoisotopic (exact) mass is 262 g/mol. The first kappa shape index (κ1) is 13.4. The molecule has 102 valence electrons. The van der Waals surface area contributed by atoms with E-state index in [2.05, 4.69) is 0 Å². The van der Waals surface area contributed by atoms with E-state index in [1.54, 1.807) is 19.1 Å². The average molecular weight is 262 g/mol. The average Bonchev–Trinajstić information content (AvgIpc) is 2.70. The highest BCUT2D eigenvalue weighted by molar-refractivity contribution is 5.94. The van der Waals surface area contributed by atoms with Gasteiger partial charge >= 0.3 is 5.97 Å². The number of primary amides is 1. The lowest BCUT2D eigenvalue weighted by Gasteiger charge is -2.26. The molecule has 0 saturated carbocycles. The minimum absolute atomic E-state index is 0.119. The first-order valence-corrected chi connectivity index (χ1v) is 6.31. The second-order valence-corrected chi connectivity index (χ2v) is 5.11. The number of rotatable bonds is 3. The van der Waals surface area contributed by atoms with Crippen LogP contribution in [-0.2, 0) is 4.79 Å². The minimum atomic E-state index is -0.804. The molecule has 2 rings (SSSR count). The maximum atomic E-state index is 11.3. The van der Waals surface area contributed by atoms with Gasteiger partial charge in [-0.25, -0.2) is 4.79 Å². The summed E-state index contributed by atoms with van der Waals surface area (Å²) in [7, 11) is 0. The molecule has 0 aromatic heterocycles. The zero-order valence-corrected chi connectivity index (χ0v) is 11.1. The molecule has 0 spiro atoms. The van der Waals surface area contributed by atoms with Crippen LogP contribution in [0.3, 0.4) is 0 Å². The molecule has 2 unspecified atom stereocenters. The Labute approximate surface area is 112 Å². The summed E-state index contributed by atoms with van der Waals surface area (Å²) in [6.07, 6.45) is 0.855. The van der Waals surface area contributed by atoms with Crippen molar-refractivity contribution < 1.29 is 14.7 Å². The van der Waals surface area contributed by atoms with Crippen molar-refractivity contribution in [3.05, 3.63) is 29.3 Å². The molecule has 1 heterocycles. The Bertz CT molecular complexity index is 527. The predicted molar refractivity (Wildman–Crippen MR) is 72.2 cm³/mol. The number of carboxylic acids is 1. The summed E-state index contributed by atoms with van der Waals surface area (Å²) < 4.78 is 0. The third-order valence-electron chi connectivity index (χ3n) is 3.76. The highest BCUT2D eigenvalue weighted by Gasteiger charge is 2.36. The lowest BCUT2D eigenvalue weighted by Crippen LogP contribution is -2.39. The quantitative estimate of drug-likeness (QED) is 0.862. The molecule has 1 aliphatic rings. The van der Waals surface area contributed by atoms with Crippen molar-refractivity contribution in [1.82, 2.24) is 0 Å². The lowest BCUT2D eigenvalue weighted by atomic mass is 10.0. The number of benzene rings is 1. The van der Waals surface area contributed by atoms with Crippen LogP contribution in [0.5, 0.6) is 0 Å². The van der Waals surface area contributed by atoms with Crippen molar-refractivity contribution in [1.29, 1.82) is 0 Å². The maximum Gasteiger partial charge on any atom is 0.326 e. The van der Waals surface area contributed by atoms with Crippen molar-refractivity contribution in [2.75, 3.05) is 11.4 Å². The number of carboxylic acid groups (broad SMARTS) is 1. The van der Waals surface area contributed by atoms with Gasteiger partial charge in [-0.3, -0.25) is 4.79 Å². The first-order valence-electron chi connectivity index (χ1n) is 6.31. The van der Waals surface area contributed by atoms with E-state index in [1.165, 1.54) is 0 Å². The molecule has 1 aliphatic heterocycles. The van der Waals surface area contributed by atoms with Crippen LogP contribution in [0.15, 0.2) is 18.2 Å². The Morgan fingerprint density at radius 3 is 2.63 bits per heavy atom. The molecular formula is C14H18N2O3. The van der Waals surface area contributed by atoms with E-state index in [-0.39, 0.29) is 5.92 Å². The van der Waals surface area contributed by atoms with Crippen LogP contribution < -0.4 is 10.6 Å². The number of carbonyl (C=O) groups is 2. The predicted octanol–water partition coefficient (Wildman–Crippen LogP) is 1.39. The fraction of sp³-hybridized carbons (Fsp3) is 0.429. The van der Waals surface area contributed by atoms with Crippen molar-refractivity contribution in [3.63, 3.8) is 0 Å². The van der Waals surface area contributed by atoms with E-state index in [1.807, 2.05) is 17.9 Å². The molecule has 1 fully saturated rings. The molecule has 19 heavy (non-hydrogen) atoms. The van der Waals surface area contributed by atoms with E-state index in [0.717, 1.165) is 17.7 Å². The number of carbonyl (C=O) groups excluding carboxylic acids is 1. The summed E-state index contributed by atoms with van der Waals surface area (Å²) in [4.78, 5) is 24.4. The minimum Gasteiger partial charge on any atom is -0.480 e. The summed E-state index contributed by atoms with van der Waals surface area (Å²) in [5, 5.41) is 9.31. The van der Waals surface area contributed by atoms with Gasteiger partial charge in [0, 0.05) is 17.8 Å². The van der Waals surface area contributed by atoms with E-state index in [9.17, 15) is 14.7 Å². The largest absolute Gasteiger partial charge is 0.480 e. The number of aliphatic carboxylic acids is 1. The van der Waals surface area contributed by atoms with Gasteiger partial charge in [0.05, 0.1) is 0 Å². The fourth-order valence-electron chi connectivity index (χ4n) is 2.72. The Morgan fingerprint density at radius 1 is 1.42 bits per heavy atom.